The number of nitrogens with one attached hydrogen (secondary N) is 1. The molecule has 1 heterocycles. The second kappa shape index (κ2) is 5.05. The van der Waals surface area contributed by atoms with E-state index in [1.54, 1.807) is 25.2 Å². The van der Waals surface area contributed by atoms with Gasteiger partial charge in [0.25, 0.3) is 0 Å². The van der Waals surface area contributed by atoms with Crippen molar-refractivity contribution in [3.05, 3.63) is 23.8 Å². The van der Waals surface area contributed by atoms with E-state index in [0.29, 0.717) is 31.3 Å². The number of carbonyl (C=O) groups is 1. The predicted octanol–water partition coefficient (Wildman–Crippen LogP) is 0.845. The zero-order valence-electron chi connectivity index (χ0n) is 9.60. The van der Waals surface area contributed by atoms with E-state index in [2.05, 4.69) is 5.32 Å². The Kier molecular flexibility index (Phi) is 3.49. The number of likely N-dealkylation sites (N-methyl/N-ethyl adjacent to an activating group) is 1. The van der Waals surface area contributed by atoms with Crippen LogP contribution in [-0.2, 0) is 4.79 Å². The van der Waals surface area contributed by atoms with Gasteiger partial charge in [0.15, 0.2) is 11.5 Å². The summed E-state index contributed by atoms with van der Waals surface area (Å²) in [6.45, 7) is 1.42. The lowest BCUT2D eigenvalue weighted by molar-refractivity contribution is -0.138. The number of ether oxygens (including phenoxy) is 2. The molecule has 0 spiro atoms. The average molecular weight is 237 g/mol. The molecule has 1 aromatic rings. The molecule has 0 bridgehead atoms. The van der Waals surface area contributed by atoms with Crippen molar-refractivity contribution in [2.75, 3.05) is 26.8 Å². The number of fused-ring (bicyclic) bond motifs is 1. The summed E-state index contributed by atoms with van der Waals surface area (Å²) in [6, 6.07) is 5.27. The van der Waals surface area contributed by atoms with Crippen molar-refractivity contribution < 1.29 is 19.4 Å². The van der Waals surface area contributed by atoms with Crippen molar-refractivity contribution in [2.24, 2.45) is 0 Å². The van der Waals surface area contributed by atoms with Crippen LogP contribution in [0, 0.1) is 0 Å². The van der Waals surface area contributed by atoms with E-state index in [9.17, 15) is 4.79 Å². The summed E-state index contributed by atoms with van der Waals surface area (Å²) in [7, 11) is 1.73. The minimum absolute atomic E-state index is 0.384. The molecule has 5 heteroatoms. The highest BCUT2D eigenvalue weighted by molar-refractivity contribution is 5.76. The van der Waals surface area contributed by atoms with Crippen LogP contribution in [0.25, 0.3) is 0 Å². The molecule has 0 saturated carbocycles. The van der Waals surface area contributed by atoms with E-state index in [4.69, 9.17) is 14.6 Å². The first-order chi connectivity index (χ1) is 8.22. The molecule has 5 nitrogen and oxygen atoms in total. The second-order valence-corrected chi connectivity index (χ2v) is 3.85. The van der Waals surface area contributed by atoms with Crippen molar-refractivity contribution in [3.63, 3.8) is 0 Å². The minimum Gasteiger partial charge on any atom is -0.486 e. The summed E-state index contributed by atoms with van der Waals surface area (Å²) in [5.74, 6) is -0.128. The van der Waals surface area contributed by atoms with Crippen molar-refractivity contribution >= 4 is 5.97 Å². The van der Waals surface area contributed by atoms with E-state index >= 15 is 0 Å². The molecule has 1 aromatic carbocycles. The highest BCUT2D eigenvalue weighted by Crippen LogP contribution is 2.33. The van der Waals surface area contributed by atoms with Crippen LogP contribution >= 0.6 is 0 Å². The molecule has 17 heavy (non-hydrogen) atoms. The monoisotopic (exact) mass is 237 g/mol. The standard InChI is InChI=1S/C12H15NO4/c1-13-7-9(12(14)15)8-2-3-10-11(6-8)17-5-4-16-10/h2-3,6,9,13H,4-5,7H2,1H3,(H,14,15). The van der Waals surface area contributed by atoms with Gasteiger partial charge in [0, 0.05) is 6.54 Å². The van der Waals surface area contributed by atoms with Crippen LogP contribution in [0.1, 0.15) is 11.5 Å². The fraction of sp³-hybridized carbons (Fsp3) is 0.417. The first-order valence-electron chi connectivity index (χ1n) is 5.49. The molecule has 0 radical (unpaired) electrons. The Morgan fingerprint density at radius 1 is 1.41 bits per heavy atom. The Labute approximate surface area is 99.3 Å². The van der Waals surface area contributed by atoms with E-state index in [0.717, 1.165) is 5.56 Å². The zero-order valence-corrected chi connectivity index (χ0v) is 9.60. The first kappa shape index (κ1) is 11.7. The molecule has 92 valence electrons. The smallest absolute Gasteiger partial charge is 0.312 e. The van der Waals surface area contributed by atoms with Crippen molar-refractivity contribution in [3.8, 4) is 11.5 Å². The molecule has 1 aliphatic rings. The first-order valence-corrected chi connectivity index (χ1v) is 5.49. The molecule has 0 fully saturated rings. The molecule has 0 aromatic heterocycles. The second-order valence-electron chi connectivity index (χ2n) is 3.85. The SMILES string of the molecule is CNCC(C(=O)O)c1ccc2c(c1)OCCO2. The molecule has 0 amide bonds. The summed E-state index contributed by atoms with van der Waals surface area (Å²) in [6.07, 6.45) is 0. The molecule has 0 aliphatic carbocycles. The van der Waals surface area contributed by atoms with Gasteiger partial charge in [0.2, 0.25) is 0 Å². The van der Waals surface area contributed by atoms with Gasteiger partial charge >= 0.3 is 5.97 Å². The molecular weight excluding hydrogens is 222 g/mol. The Morgan fingerprint density at radius 3 is 2.76 bits per heavy atom. The van der Waals surface area contributed by atoms with Crippen LogP contribution in [-0.4, -0.2) is 37.9 Å². The highest BCUT2D eigenvalue weighted by Gasteiger charge is 2.21. The Balaban J connectivity index is 2.28. The van der Waals surface area contributed by atoms with Gasteiger partial charge in [-0.25, -0.2) is 0 Å². The lowest BCUT2D eigenvalue weighted by atomic mass is 9.98. The van der Waals surface area contributed by atoms with Crippen LogP contribution < -0.4 is 14.8 Å². The molecule has 0 saturated heterocycles. The van der Waals surface area contributed by atoms with Gasteiger partial charge in [0.05, 0.1) is 5.92 Å². The summed E-state index contributed by atoms with van der Waals surface area (Å²) < 4.78 is 10.8. The van der Waals surface area contributed by atoms with Gasteiger partial charge in [0.1, 0.15) is 13.2 Å². The van der Waals surface area contributed by atoms with Gasteiger partial charge in [-0.1, -0.05) is 6.07 Å². The summed E-state index contributed by atoms with van der Waals surface area (Å²) in [5, 5.41) is 12.0. The maximum Gasteiger partial charge on any atom is 0.312 e. The fourth-order valence-electron chi connectivity index (χ4n) is 1.83. The molecule has 1 unspecified atom stereocenters. The van der Waals surface area contributed by atoms with Crippen LogP contribution in [0.2, 0.25) is 0 Å². The lowest BCUT2D eigenvalue weighted by Gasteiger charge is -2.20. The van der Waals surface area contributed by atoms with Crippen LogP contribution in [0.3, 0.4) is 0 Å². The van der Waals surface area contributed by atoms with Crippen molar-refractivity contribution in [2.45, 2.75) is 5.92 Å². The number of hydrogen-bond acceptors (Lipinski definition) is 4. The number of carboxylic acid groups (broad SMARTS) is 1. The Morgan fingerprint density at radius 2 is 2.12 bits per heavy atom. The molecular formula is C12H15NO4. The number of rotatable bonds is 4. The van der Waals surface area contributed by atoms with Crippen molar-refractivity contribution in [1.29, 1.82) is 0 Å². The van der Waals surface area contributed by atoms with Gasteiger partial charge in [-0.05, 0) is 24.7 Å². The van der Waals surface area contributed by atoms with E-state index < -0.39 is 11.9 Å². The van der Waals surface area contributed by atoms with Crippen LogP contribution in [0.4, 0.5) is 0 Å². The Hall–Kier alpha value is -1.75. The quantitative estimate of drug-likeness (QED) is 0.812. The normalized spacial score (nSPS) is 15.4. The molecule has 1 aliphatic heterocycles. The van der Waals surface area contributed by atoms with Crippen LogP contribution in [0.15, 0.2) is 18.2 Å². The maximum absolute atomic E-state index is 11.1. The third-order valence-corrected chi connectivity index (χ3v) is 2.67. The Bertz CT molecular complexity index is 419. The maximum atomic E-state index is 11.1. The summed E-state index contributed by atoms with van der Waals surface area (Å²) in [5.41, 5.74) is 0.719. The predicted molar refractivity (Wildman–Crippen MR) is 61.7 cm³/mol. The minimum atomic E-state index is -0.851. The van der Waals surface area contributed by atoms with Gasteiger partial charge in [-0.3, -0.25) is 4.79 Å². The highest BCUT2D eigenvalue weighted by atomic mass is 16.6. The van der Waals surface area contributed by atoms with E-state index in [1.807, 2.05) is 0 Å². The zero-order chi connectivity index (χ0) is 12.3. The van der Waals surface area contributed by atoms with Crippen LogP contribution in [0.5, 0.6) is 11.5 Å². The number of aliphatic carboxylic acids is 1. The molecule has 2 N–H and O–H groups in total. The fourth-order valence-corrected chi connectivity index (χ4v) is 1.83. The summed E-state index contributed by atoms with van der Waals surface area (Å²) in [4.78, 5) is 11.1. The van der Waals surface area contributed by atoms with E-state index in [-0.39, 0.29) is 0 Å². The number of hydrogen-bond donors (Lipinski definition) is 2. The van der Waals surface area contributed by atoms with Gasteiger partial charge in [-0.2, -0.15) is 0 Å². The van der Waals surface area contributed by atoms with Gasteiger partial charge < -0.3 is 19.9 Å². The third-order valence-electron chi connectivity index (χ3n) is 2.67. The van der Waals surface area contributed by atoms with E-state index in [1.165, 1.54) is 0 Å². The molecule has 1 atom stereocenters. The lowest BCUT2D eigenvalue weighted by Crippen LogP contribution is -2.24. The largest absolute Gasteiger partial charge is 0.486 e. The topological polar surface area (TPSA) is 67.8 Å². The average Bonchev–Trinajstić information content (AvgIpc) is 2.35. The summed E-state index contributed by atoms with van der Waals surface area (Å²) >= 11 is 0. The third kappa shape index (κ3) is 2.50. The van der Waals surface area contributed by atoms with Crippen molar-refractivity contribution in [1.82, 2.24) is 5.32 Å². The number of carboxylic acids is 1. The molecule has 2 rings (SSSR count). The number of benzene rings is 1. The van der Waals surface area contributed by atoms with Gasteiger partial charge in [-0.15, -0.1) is 0 Å².